The van der Waals surface area contributed by atoms with Gasteiger partial charge in [-0.1, -0.05) is 0 Å². The molecule has 1 N–H and O–H groups in total. The minimum Gasteiger partial charge on any atom is -0.346 e. The number of nitrogens with zero attached hydrogens (tertiary/aromatic N) is 1. The van der Waals surface area contributed by atoms with Crippen molar-refractivity contribution in [1.82, 2.24) is 5.32 Å². The zero-order valence-electron chi connectivity index (χ0n) is 9.88. The molecule has 0 saturated heterocycles. The van der Waals surface area contributed by atoms with Crippen LogP contribution in [0.5, 0.6) is 0 Å². The quantitative estimate of drug-likeness (QED) is 0.515. The first-order valence-electron chi connectivity index (χ1n) is 5.14. The number of hydrogen-bond acceptors (Lipinski definition) is 3. The van der Waals surface area contributed by atoms with Crippen molar-refractivity contribution in [2.75, 3.05) is 6.54 Å². The van der Waals surface area contributed by atoms with Crippen LogP contribution in [0, 0.1) is 21.7 Å². The number of nitro groups is 1. The van der Waals surface area contributed by atoms with Gasteiger partial charge in [0.25, 0.3) is 5.91 Å². The lowest BCUT2D eigenvalue weighted by Gasteiger charge is -2.16. The Morgan fingerprint density at radius 1 is 1.33 bits per heavy atom. The van der Waals surface area contributed by atoms with Crippen LogP contribution in [0.25, 0.3) is 0 Å². The first kappa shape index (κ1) is 16.7. The molecule has 0 spiro atoms. The van der Waals surface area contributed by atoms with E-state index in [1.807, 2.05) is 0 Å². The zero-order valence-corrected chi connectivity index (χ0v) is 9.88. The second-order valence-electron chi connectivity index (χ2n) is 3.76. The highest BCUT2D eigenvalue weighted by atomic mass is 19.3. The second-order valence-corrected chi connectivity index (χ2v) is 3.76. The van der Waals surface area contributed by atoms with Gasteiger partial charge in [0.1, 0.15) is 11.4 Å². The van der Waals surface area contributed by atoms with E-state index in [0.717, 1.165) is 0 Å². The largest absolute Gasteiger partial charge is 0.346 e. The van der Waals surface area contributed by atoms with Crippen LogP contribution >= 0.6 is 0 Å². The van der Waals surface area contributed by atoms with Crippen molar-refractivity contribution in [3.8, 4) is 0 Å². The number of alkyl halides is 4. The van der Waals surface area contributed by atoms with Crippen molar-refractivity contribution in [2.45, 2.75) is 12.3 Å². The average Bonchev–Trinajstić information content (AvgIpc) is 2.35. The summed E-state index contributed by atoms with van der Waals surface area (Å²) in [5, 5.41) is 11.6. The Balaban J connectivity index is 3.03. The van der Waals surface area contributed by atoms with Gasteiger partial charge >= 0.3 is 18.0 Å². The van der Waals surface area contributed by atoms with Crippen LogP contribution in [0.3, 0.4) is 0 Å². The fraction of sp³-hybridized carbons (Fsp3) is 0.300. The van der Waals surface area contributed by atoms with Crippen LogP contribution in [0.15, 0.2) is 12.1 Å². The van der Waals surface area contributed by atoms with E-state index in [1.165, 1.54) is 5.32 Å². The molecule has 0 fully saturated rings. The van der Waals surface area contributed by atoms with E-state index >= 15 is 0 Å². The Kier molecular flexibility index (Phi) is 4.76. The van der Waals surface area contributed by atoms with E-state index in [4.69, 9.17) is 0 Å². The Bertz CT molecular complexity index is 578. The average molecular weight is 316 g/mol. The Morgan fingerprint density at radius 3 is 2.38 bits per heavy atom. The minimum absolute atomic E-state index is 0.376. The molecule has 21 heavy (non-hydrogen) atoms. The Morgan fingerprint density at radius 2 is 1.90 bits per heavy atom. The number of halogens is 6. The number of nitrogens with one attached hydrogen (secondary N) is 1. The number of carbonyl (C=O) groups excluding carboxylic acids is 1. The maximum atomic E-state index is 13.5. The van der Waals surface area contributed by atoms with E-state index in [9.17, 15) is 41.3 Å². The smallest absolute Gasteiger partial charge is 0.324 e. The summed E-state index contributed by atoms with van der Waals surface area (Å²) in [6, 6.07) is 0.802. The van der Waals surface area contributed by atoms with Crippen LogP contribution in [-0.2, 0) is 0 Å². The topological polar surface area (TPSA) is 72.2 Å². The van der Waals surface area contributed by atoms with Crippen LogP contribution in [0.4, 0.5) is 32.0 Å². The summed E-state index contributed by atoms with van der Waals surface area (Å²) < 4.78 is 75.7. The van der Waals surface area contributed by atoms with Gasteiger partial charge in [-0.3, -0.25) is 14.9 Å². The van der Waals surface area contributed by atoms with E-state index < -0.39 is 52.6 Å². The van der Waals surface area contributed by atoms with Gasteiger partial charge in [-0.2, -0.15) is 13.2 Å². The standard InChI is InChI=1S/C10H6F6N2O3/c11-4-1-2-5(18(20)21)7(12)6(4)8(19)17-3-10(15,16)9(13)14/h1-2,9H,3H2,(H,17,19). The molecule has 0 heterocycles. The van der Waals surface area contributed by atoms with Gasteiger partial charge in [0.2, 0.25) is 5.82 Å². The molecule has 0 aliphatic carbocycles. The number of hydrogen-bond donors (Lipinski definition) is 1. The predicted octanol–water partition coefficient (Wildman–Crippen LogP) is 2.50. The molecule has 0 bridgehead atoms. The summed E-state index contributed by atoms with van der Waals surface area (Å²) in [5.74, 6) is -9.87. The van der Waals surface area contributed by atoms with Gasteiger partial charge in [-0.15, -0.1) is 0 Å². The van der Waals surface area contributed by atoms with Crippen molar-refractivity contribution < 1.29 is 36.1 Å². The molecule has 5 nitrogen and oxygen atoms in total. The normalized spacial score (nSPS) is 11.6. The third-order valence-corrected chi connectivity index (χ3v) is 2.30. The van der Waals surface area contributed by atoms with Crippen molar-refractivity contribution in [3.63, 3.8) is 0 Å². The molecule has 0 aromatic heterocycles. The molecule has 0 unspecified atom stereocenters. The van der Waals surface area contributed by atoms with Gasteiger partial charge in [0.05, 0.1) is 11.5 Å². The highest BCUT2D eigenvalue weighted by Crippen LogP contribution is 2.24. The SMILES string of the molecule is O=C(NCC(F)(F)C(F)F)c1c(F)ccc([N+](=O)[O-])c1F. The van der Waals surface area contributed by atoms with Gasteiger partial charge in [-0.25, -0.2) is 13.2 Å². The number of benzene rings is 1. The maximum Gasteiger partial charge on any atom is 0.324 e. The van der Waals surface area contributed by atoms with Crippen LogP contribution < -0.4 is 5.32 Å². The van der Waals surface area contributed by atoms with Crippen molar-refractivity contribution in [2.24, 2.45) is 0 Å². The number of nitro benzene ring substituents is 1. The molecule has 0 aliphatic heterocycles. The molecule has 0 atom stereocenters. The lowest BCUT2D eigenvalue weighted by Crippen LogP contribution is -2.41. The van der Waals surface area contributed by atoms with Crippen LogP contribution in [0.2, 0.25) is 0 Å². The number of rotatable bonds is 5. The predicted molar refractivity (Wildman–Crippen MR) is 56.3 cm³/mol. The molecule has 1 aromatic carbocycles. The fourth-order valence-electron chi connectivity index (χ4n) is 1.25. The Labute approximate surface area is 112 Å². The number of amides is 1. The monoisotopic (exact) mass is 316 g/mol. The van der Waals surface area contributed by atoms with E-state index in [1.54, 1.807) is 0 Å². The van der Waals surface area contributed by atoms with Gasteiger partial charge in [-0.05, 0) is 6.07 Å². The summed E-state index contributed by atoms with van der Waals surface area (Å²) in [6.07, 6.45) is -4.10. The molecular formula is C10H6F6N2O3. The number of carbonyl (C=O) groups is 1. The van der Waals surface area contributed by atoms with Gasteiger partial charge in [0, 0.05) is 6.07 Å². The zero-order chi connectivity index (χ0) is 16.4. The van der Waals surface area contributed by atoms with Crippen LogP contribution in [-0.4, -0.2) is 29.7 Å². The molecule has 11 heteroatoms. The molecule has 0 aliphatic rings. The Hall–Kier alpha value is -2.33. The van der Waals surface area contributed by atoms with Crippen molar-refractivity contribution in [3.05, 3.63) is 39.4 Å². The highest BCUT2D eigenvalue weighted by Gasteiger charge is 2.41. The molecule has 0 saturated carbocycles. The summed E-state index contributed by atoms with van der Waals surface area (Å²) in [4.78, 5) is 20.5. The summed E-state index contributed by atoms with van der Waals surface area (Å²) in [5.41, 5.74) is -2.77. The molecular weight excluding hydrogens is 310 g/mol. The molecule has 0 radical (unpaired) electrons. The lowest BCUT2D eigenvalue weighted by atomic mass is 10.1. The summed E-state index contributed by atoms with van der Waals surface area (Å²) in [7, 11) is 0. The highest BCUT2D eigenvalue weighted by molar-refractivity contribution is 5.95. The maximum absolute atomic E-state index is 13.5. The van der Waals surface area contributed by atoms with Crippen molar-refractivity contribution in [1.29, 1.82) is 0 Å². The third kappa shape index (κ3) is 3.61. The third-order valence-electron chi connectivity index (χ3n) is 2.30. The van der Waals surface area contributed by atoms with Gasteiger partial charge < -0.3 is 5.32 Å². The van der Waals surface area contributed by atoms with Crippen LogP contribution in [0.1, 0.15) is 10.4 Å². The summed E-state index contributed by atoms with van der Waals surface area (Å²) in [6.45, 7) is -1.88. The molecule has 116 valence electrons. The van der Waals surface area contributed by atoms with E-state index in [2.05, 4.69) is 0 Å². The molecule has 1 rings (SSSR count). The van der Waals surface area contributed by atoms with E-state index in [-0.39, 0.29) is 0 Å². The first-order valence-corrected chi connectivity index (χ1v) is 5.14. The molecule has 1 amide bonds. The summed E-state index contributed by atoms with van der Waals surface area (Å²) >= 11 is 0. The minimum atomic E-state index is -4.61. The van der Waals surface area contributed by atoms with E-state index in [0.29, 0.717) is 12.1 Å². The lowest BCUT2D eigenvalue weighted by molar-refractivity contribution is -0.387. The second kappa shape index (κ2) is 5.97. The van der Waals surface area contributed by atoms with Crippen molar-refractivity contribution >= 4 is 11.6 Å². The first-order chi connectivity index (χ1) is 9.58. The van der Waals surface area contributed by atoms with Gasteiger partial charge in [0.15, 0.2) is 0 Å². The fourth-order valence-corrected chi connectivity index (χ4v) is 1.25. The molecule has 1 aromatic rings.